The summed E-state index contributed by atoms with van der Waals surface area (Å²) < 4.78 is 39.4. The summed E-state index contributed by atoms with van der Waals surface area (Å²) in [6.45, 7) is 0.359. The molecular formula is C15H15FN4O3S. The molecule has 126 valence electrons. The number of nitrogens with zero attached hydrogens (tertiary/aromatic N) is 3. The van der Waals surface area contributed by atoms with E-state index >= 15 is 0 Å². The number of rotatable bonds is 4. The lowest BCUT2D eigenvalue weighted by Gasteiger charge is -2.27. The van der Waals surface area contributed by atoms with Gasteiger partial charge in [0.05, 0.1) is 18.0 Å². The van der Waals surface area contributed by atoms with Gasteiger partial charge in [0, 0.05) is 12.7 Å². The largest absolute Gasteiger partial charge is 0.363 e. The lowest BCUT2D eigenvalue weighted by molar-refractivity contribution is 0.0990. The van der Waals surface area contributed by atoms with E-state index < -0.39 is 21.7 Å². The third-order valence-corrected chi connectivity index (χ3v) is 5.58. The summed E-state index contributed by atoms with van der Waals surface area (Å²) >= 11 is 0. The first-order valence-corrected chi connectivity index (χ1v) is 8.83. The fourth-order valence-electron chi connectivity index (χ4n) is 2.52. The molecule has 1 aliphatic rings. The lowest BCUT2D eigenvalue weighted by atomic mass is 10.1. The third-order valence-electron chi connectivity index (χ3n) is 3.79. The van der Waals surface area contributed by atoms with Crippen molar-refractivity contribution in [3.05, 3.63) is 58.9 Å². The smallest absolute Gasteiger partial charge is 0.286 e. The number of hydrogen-bond donors (Lipinski definition) is 1. The van der Waals surface area contributed by atoms with E-state index in [4.69, 9.17) is 5.73 Å². The zero-order chi connectivity index (χ0) is 17.3. The average molecular weight is 350 g/mol. The molecule has 0 bridgehead atoms. The molecule has 1 amide bonds. The van der Waals surface area contributed by atoms with E-state index in [1.807, 2.05) is 0 Å². The number of amides is 1. The van der Waals surface area contributed by atoms with Gasteiger partial charge in [0.1, 0.15) is 5.82 Å². The van der Waals surface area contributed by atoms with Gasteiger partial charge in [-0.05, 0) is 29.7 Å². The Labute approximate surface area is 138 Å². The number of carbonyl (C=O) groups is 1. The van der Waals surface area contributed by atoms with Crippen molar-refractivity contribution in [3.8, 4) is 0 Å². The molecule has 0 saturated carbocycles. The van der Waals surface area contributed by atoms with Crippen molar-refractivity contribution in [2.75, 3.05) is 6.54 Å². The minimum atomic E-state index is -3.59. The fraction of sp³-hybridized carbons (Fsp3) is 0.267. The maximum Gasteiger partial charge on any atom is 0.286 e. The molecule has 24 heavy (non-hydrogen) atoms. The molecule has 2 aromatic rings. The zero-order valence-corrected chi connectivity index (χ0v) is 13.5. The predicted octanol–water partition coefficient (Wildman–Crippen LogP) is 0.603. The van der Waals surface area contributed by atoms with Crippen LogP contribution in [-0.2, 0) is 28.7 Å². The highest BCUT2D eigenvalue weighted by atomic mass is 32.2. The van der Waals surface area contributed by atoms with Gasteiger partial charge in [-0.2, -0.15) is 4.31 Å². The number of benzene rings is 1. The summed E-state index contributed by atoms with van der Waals surface area (Å²) in [6.07, 6.45) is 1.96. The quantitative estimate of drug-likeness (QED) is 0.869. The van der Waals surface area contributed by atoms with Crippen LogP contribution in [0.3, 0.4) is 0 Å². The molecule has 1 aromatic carbocycles. The Balaban J connectivity index is 1.81. The number of halogens is 1. The molecular weight excluding hydrogens is 335 g/mol. The number of primary amides is 1. The molecule has 0 atom stereocenters. The highest BCUT2D eigenvalue weighted by Crippen LogP contribution is 2.21. The first-order chi connectivity index (χ1) is 11.3. The highest BCUT2D eigenvalue weighted by Gasteiger charge is 2.28. The monoisotopic (exact) mass is 350 g/mol. The van der Waals surface area contributed by atoms with Gasteiger partial charge < -0.3 is 5.73 Å². The first-order valence-electron chi connectivity index (χ1n) is 7.22. The van der Waals surface area contributed by atoms with E-state index in [1.165, 1.54) is 34.8 Å². The molecule has 3 rings (SSSR count). The number of aromatic nitrogens is 2. The molecule has 1 aliphatic heterocycles. The minimum Gasteiger partial charge on any atom is -0.363 e. The molecule has 0 unspecified atom stereocenters. The molecule has 2 heterocycles. The maximum absolute atomic E-state index is 12.9. The van der Waals surface area contributed by atoms with Crippen molar-refractivity contribution >= 4 is 15.9 Å². The van der Waals surface area contributed by atoms with Crippen LogP contribution in [0.2, 0.25) is 0 Å². The Morgan fingerprint density at radius 3 is 2.67 bits per heavy atom. The second kappa shape index (κ2) is 6.25. The second-order valence-corrected chi connectivity index (χ2v) is 7.46. The number of fused-ring (bicyclic) bond motifs is 1. The Morgan fingerprint density at radius 1 is 1.29 bits per heavy atom. The predicted molar refractivity (Wildman–Crippen MR) is 83.7 cm³/mol. The summed E-state index contributed by atoms with van der Waals surface area (Å²) in [6, 6.07) is 5.34. The van der Waals surface area contributed by atoms with Gasteiger partial charge in [0.15, 0.2) is 0 Å². The molecule has 0 fully saturated rings. The molecule has 0 saturated heterocycles. The molecule has 0 radical (unpaired) electrons. The van der Waals surface area contributed by atoms with Gasteiger partial charge in [-0.25, -0.2) is 22.8 Å². The van der Waals surface area contributed by atoms with Crippen molar-refractivity contribution in [2.24, 2.45) is 5.73 Å². The van der Waals surface area contributed by atoms with Crippen LogP contribution in [-0.4, -0.2) is 35.1 Å². The van der Waals surface area contributed by atoms with Crippen LogP contribution in [0.4, 0.5) is 4.39 Å². The SMILES string of the molecule is NC(=O)c1ncc2c(n1)CN(S(=O)(=O)Cc1ccc(F)cc1)CC2. The van der Waals surface area contributed by atoms with Crippen LogP contribution in [0.15, 0.2) is 30.5 Å². The highest BCUT2D eigenvalue weighted by molar-refractivity contribution is 7.88. The summed E-state index contributed by atoms with van der Waals surface area (Å²) in [5, 5.41) is 0. The Kier molecular flexibility index (Phi) is 4.29. The summed E-state index contributed by atoms with van der Waals surface area (Å²) in [5.74, 6) is -1.54. The molecule has 1 aromatic heterocycles. The van der Waals surface area contributed by atoms with E-state index in [2.05, 4.69) is 9.97 Å². The maximum atomic E-state index is 12.9. The van der Waals surface area contributed by atoms with Gasteiger partial charge >= 0.3 is 0 Å². The van der Waals surface area contributed by atoms with Crippen LogP contribution in [0.25, 0.3) is 0 Å². The Morgan fingerprint density at radius 2 is 2.00 bits per heavy atom. The molecule has 0 spiro atoms. The molecule has 7 nitrogen and oxygen atoms in total. The van der Waals surface area contributed by atoms with Crippen molar-refractivity contribution in [1.82, 2.24) is 14.3 Å². The average Bonchev–Trinajstić information content (AvgIpc) is 2.55. The lowest BCUT2D eigenvalue weighted by Crippen LogP contribution is -2.37. The fourth-order valence-corrected chi connectivity index (χ4v) is 4.00. The van der Waals surface area contributed by atoms with Crippen molar-refractivity contribution in [1.29, 1.82) is 0 Å². The molecule has 2 N–H and O–H groups in total. The summed E-state index contributed by atoms with van der Waals surface area (Å²) in [7, 11) is -3.59. The number of hydrogen-bond acceptors (Lipinski definition) is 5. The topological polar surface area (TPSA) is 106 Å². The van der Waals surface area contributed by atoms with Gasteiger partial charge in [0.25, 0.3) is 5.91 Å². The Hall–Kier alpha value is -2.39. The summed E-state index contributed by atoms with van der Waals surface area (Å²) in [4.78, 5) is 19.1. The van der Waals surface area contributed by atoms with Crippen LogP contribution >= 0.6 is 0 Å². The van der Waals surface area contributed by atoms with E-state index in [-0.39, 0.29) is 18.1 Å². The van der Waals surface area contributed by atoms with Gasteiger partial charge in [-0.1, -0.05) is 12.1 Å². The normalized spacial score (nSPS) is 15.0. The molecule has 9 heteroatoms. The Bertz CT molecular complexity index is 884. The van der Waals surface area contributed by atoms with Gasteiger partial charge in [-0.3, -0.25) is 4.79 Å². The molecule has 0 aliphatic carbocycles. The zero-order valence-electron chi connectivity index (χ0n) is 12.6. The van der Waals surface area contributed by atoms with Crippen LogP contribution < -0.4 is 5.73 Å². The number of sulfonamides is 1. The van der Waals surface area contributed by atoms with E-state index in [0.29, 0.717) is 24.2 Å². The van der Waals surface area contributed by atoms with Gasteiger partial charge in [0.2, 0.25) is 15.8 Å². The van der Waals surface area contributed by atoms with E-state index in [9.17, 15) is 17.6 Å². The second-order valence-electron chi connectivity index (χ2n) is 5.50. The van der Waals surface area contributed by atoms with Crippen LogP contribution in [0.1, 0.15) is 27.4 Å². The van der Waals surface area contributed by atoms with Crippen LogP contribution in [0.5, 0.6) is 0 Å². The van der Waals surface area contributed by atoms with Crippen molar-refractivity contribution in [3.63, 3.8) is 0 Å². The minimum absolute atomic E-state index is 0.0572. The van der Waals surface area contributed by atoms with Crippen molar-refractivity contribution in [2.45, 2.75) is 18.7 Å². The van der Waals surface area contributed by atoms with Gasteiger partial charge in [-0.15, -0.1) is 0 Å². The number of nitrogens with two attached hydrogens (primary N) is 1. The first kappa shape index (κ1) is 16.5. The number of carbonyl (C=O) groups excluding carboxylic acids is 1. The van der Waals surface area contributed by atoms with E-state index in [0.717, 1.165) is 5.56 Å². The third kappa shape index (κ3) is 3.41. The van der Waals surface area contributed by atoms with E-state index in [1.54, 1.807) is 0 Å². The standard InChI is InChI=1S/C15H15FN4O3S/c16-12-3-1-10(2-4-12)9-24(22,23)20-6-5-11-7-18-15(14(17)21)19-13(11)8-20/h1-4,7H,5-6,8-9H2,(H2,17,21). The van der Waals surface area contributed by atoms with Crippen LogP contribution in [0, 0.1) is 5.82 Å². The van der Waals surface area contributed by atoms with Crippen molar-refractivity contribution < 1.29 is 17.6 Å². The summed E-state index contributed by atoms with van der Waals surface area (Å²) in [5.41, 5.74) is 6.94.